The number of halogens is 1. The monoisotopic (exact) mass is 348 g/mol. The van der Waals surface area contributed by atoms with Gasteiger partial charge in [-0.3, -0.25) is 14.6 Å². The average Bonchev–Trinajstić information content (AvgIpc) is 2.54. The van der Waals surface area contributed by atoms with Gasteiger partial charge in [-0.2, -0.15) is 0 Å². The Kier molecular flexibility index (Phi) is 7.39. The van der Waals surface area contributed by atoms with Crippen LogP contribution in [0.4, 0.5) is 0 Å². The average molecular weight is 349 g/mol. The van der Waals surface area contributed by atoms with Gasteiger partial charge in [0, 0.05) is 18.0 Å². The first-order valence-electron chi connectivity index (χ1n) is 7.38. The summed E-state index contributed by atoms with van der Waals surface area (Å²) in [6.07, 6.45) is 3.33. The van der Waals surface area contributed by atoms with Gasteiger partial charge in [0.15, 0.2) is 0 Å². The van der Waals surface area contributed by atoms with Crippen LogP contribution in [0.1, 0.15) is 29.8 Å². The second-order valence-electron chi connectivity index (χ2n) is 5.90. The zero-order valence-electron chi connectivity index (χ0n) is 13.7. The zero-order valence-corrected chi connectivity index (χ0v) is 14.5. The van der Waals surface area contributed by atoms with E-state index in [-0.39, 0.29) is 37.3 Å². The van der Waals surface area contributed by atoms with Gasteiger partial charge in [-0.15, -0.1) is 12.4 Å². The maximum atomic E-state index is 12.1. The van der Waals surface area contributed by atoms with Gasteiger partial charge in [0.1, 0.15) is 6.61 Å². The molecule has 0 aliphatic heterocycles. The number of nitrogens with zero attached hydrogens (tertiary/aromatic N) is 1. The van der Waals surface area contributed by atoms with Crippen molar-refractivity contribution in [3.8, 4) is 0 Å². The summed E-state index contributed by atoms with van der Waals surface area (Å²) in [6, 6.07) is 12.7. The van der Waals surface area contributed by atoms with Crippen LogP contribution in [0.2, 0.25) is 0 Å². The van der Waals surface area contributed by atoms with Crippen LogP contribution < -0.4 is 5.32 Å². The van der Waals surface area contributed by atoms with E-state index in [1.807, 2.05) is 44.2 Å². The predicted octanol–water partition coefficient (Wildman–Crippen LogP) is 2.80. The van der Waals surface area contributed by atoms with Crippen molar-refractivity contribution >= 4 is 24.3 Å². The van der Waals surface area contributed by atoms with Crippen molar-refractivity contribution in [2.24, 2.45) is 0 Å². The van der Waals surface area contributed by atoms with Crippen LogP contribution in [0, 0.1) is 0 Å². The first-order valence-corrected chi connectivity index (χ1v) is 7.38. The number of carbonyl (C=O) groups is 2. The van der Waals surface area contributed by atoms with Gasteiger partial charge in [0.25, 0.3) is 5.91 Å². The first-order chi connectivity index (χ1) is 11.0. The van der Waals surface area contributed by atoms with E-state index < -0.39 is 5.54 Å². The fourth-order valence-corrected chi connectivity index (χ4v) is 1.99. The van der Waals surface area contributed by atoms with Crippen molar-refractivity contribution in [1.82, 2.24) is 10.3 Å². The maximum absolute atomic E-state index is 12.1. The van der Waals surface area contributed by atoms with Crippen LogP contribution in [0.25, 0.3) is 0 Å². The Morgan fingerprint density at radius 2 is 1.71 bits per heavy atom. The quantitative estimate of drug-likeness (QED) is 0.815. The van der Waals surface area contributed by atoms with E-state index in [9.17, 15) is 9.59 Å². The molecule has 1 aromatic carbocycles. The Balaban J connectivity index is 0.00000288. The number of benzene rings is 1. The molecule has 24 heavy (non-hydrogen) atoms. The molecule has 0 saturated heterocycles. The lowest BCUT2D eigenvalue weighted by Crippen LogP contribution is -2.47. The van der Waals surface area contributed by atoms with Crippen LogP contribution in [0.15, 0.2) is 54.9 Å². The molecule has 0 fully saturated rings. The SMILES string of the molecule is CC(C)(COC(=O)Cc1ccccc1)NC(=O)c1ccncc1.Cl. The van der Waals surface area contributed by atoms with E-state index in [1.54, 1.807) is 24.5 Å². The number of rotatable bonds is 6. The molecule has 0 bridgehead atoms. The van der Waals surface area contributed by atoms with Crippen LogP contribution in [0.3, 0.4) is 0 Å². The fraction of sp³-hybridized carbons (Fsp3) is 0.278. The van der Waals surface area contributed by atoms with Gasteiger partial charge in [0.05, 0.1) is 12.0 Å². The molecule has 0 unspecified atom stereocenters. The van der Waals surface area contributed by atoms with Gasteiger partial charge >= 0.3 is 5.97 Å². The van der Waals surface area contributed by atoms with Crippen LogP contribution >= 0.6 is 12.4 Å². The molecule has 6 heteroatoms. The molecule has 0 aliphatic rings. The fourth-order valence-electron chi connectivity index (χ4n) is 1.99. The number of amides is 1. The van der Waals surface area contributed by atoms with Crippen molar-refractivity contribution in [3.05, 3.63) is 66.0 Å². The minimum absolute atomic E-state index is 0. The molecule has 2 rings (SSSR count). The van der Waals surface area contributed by atoms with E-state index in [4.69, 9.17) is 4.74 Å². The first kappa shape index (κ1) is 19.6. The summed E-state index contributed by atoms with van der Waals surface area (Å²) in [4.78, 5) is 27.9. The zero-order chi connectivity index (χ0) is 16.7. The van der Waals surface area contributed by atoms with Gasteiger partial charge in [0.2, 0.25) is 0 Å². The Morgan fingerprint density at radius 3 is 2.33 bits per heavy atom. The van der Waals surface area contributed by atoms with E-state index in [0.717, 1.165) is 5.56 Å². The molecule has 0 atom stereocenters. The largest absolute Gasteiger partial charge is 0.463 e. The smallest absolute Gasteiger partial charge is 0.310 e. The third kappa shape index (κ3) is 6.38. The molecule has 1 aromatic heterocycles. The summed E-state index contributed by atoms with van der Waals surface area (Å²) in [5.41, 5.74) is 0.756. The maximum Gasteiger partial charge on any atom is 0.310 e. The molecule has 1 heterocycles. The Morgan fingerprint density at radius 1 is 1.08 bits per heavy atom. The highest BCUT2D eigenvalue weighted by Gasteiger charge is 2.23. The van der Waals surface area contributed by atoms with E-state index >= 15 is 0 Å². The number of hydrogen-bond donors (Lipinski definition) is 1. The van der Waals surface area contributed by atoms with Crippen molar-refractivity contribution in [2.45, 2.75) is 25.8 Å². The molecule has 128 valence electrons. The van der Waals surface area contributed by atoms with Gasteiger partial charge in [-0.05, 0) is 31.5 Å². The number of carbonyl (C=O) groups excluding carboxylic acids is 2. The summed E-state index contributed by atoms with van der Waals surface area (Å²) in [7, 11) is 0. The van der Waals surface area contributed by atoms with Crippen molar-refractivity contribution in [2.75, 3.05) is 6.61 Å². The minimum Gasteiger partial charge on any atom is -0.463 e. The number of esters is 1. The summed E-state index contributed by atoms with van der Waals surface area (Å²) in [6.45, 7) is 3.72. The van der Waals surface area contributed by atoms with Crippen molar-refractivity contribution in [1.29, 1.82) is 0 Å². The number of ether oxygens (including phenoxy) is 1. The topological polar surface area (TPSA) is 68.3 Å². The lowest BCUT2D eigenvalue weighted by molar-refractivity contribution is -0.144. The van der Waals surface area contributed by atoms with Gasteiger partial charge in [-0.25, -0.2) is 0 Å². The molecule has 0 aliphatic carbocycles. The highest BCUT2D eigenvalue weighted by molar-refractivity contribution is 5.94. The normalized spacial score (nSPS) is 10.4. The van der Waals surface area contributed by atoms with Gasteiger partial charge in [-0.1, -0.05) is 30.3 Å². The van der Waals surface area contributed by atoms with Crippen LogP contribution in [-0.4, -0.2) is 29.0 Å². The number of nitrogens with one attached hydrogen (secondary N) is 1. The highest BCUT2D eigenvalue weighted by Crippen LogP contribution is 2.08. The molecule has 1 amide bonds. The molecular formula is C18H21ClN2O3. The molecule has 0 radical (unpaired) electrons. The summed E-state index contributed by atoms with van der Waals surface area (Å²) < 4.78 is 5.28. The lowest BCUT2D eigenvalue weighted by Gasteiger charge is -2.25. The van der Waals surface area contributed by atoms with E-state index in [2.05, 4.69) is 10.3 Å². The second-order valence-corrected chi connectivity index (χ2v) is 5.90. The third-order valence-electron chi connectivity index (χ3n) is 3.18. The van der Waals surface area contributed by atoms with E-state index in [0.29, 0.717) is 5.56 Å². The summed E-state index contributed by atoms with van der Waals surface area (Å²) in [5.74, 6) is -0.543. The van der Waals surface area contributed by atoms with Gasteiger partial charge < -0.3 is 10.1 Å². The number of hydrogen-bond acceptors (Lipinski definition) is 4. The number of aromatic nitrogens is 1. The molecule has 5 nitrogen and oxygen atoms in total. The van der Waals surface area contributed by atoms with Crippen LogP contribution in [-0.2, 0) is 16.0 Å². The summed E-state index contributed by atoms with van der Waals surface area (Å²) in [5, 5.41) is 2.85. The predicted molar refractivity (Wildman–Crippen MR) is 94.1 cm³/mol. The van der Waals surface area contributed by atoms with Crippen molar-refractivity contribution in [3.63, 3.8) is 0 Å². The Hall–Kier alpha value is -2.40. The van der Waals surface area contributed by atoms with E-state index in [1.165, 1.54) is 0 Å². The van der Waals surface area contributed by atoms with Crippen molar-refractivity contribution < 1.29 is 14.3 Å². The van der Waals surface area contributed by atoms with Crippen LogP contribution in [0.5, 0.6) is 0 Å². The molecule has 1 N–H and O–H groups in total. The minimum atomic E-state index is -0.660. The highest BCUT2D eigenvalue weighted by atomic mass is 35.5. The molecule has 0 spiro atoms. The summed E-state index contributed by atoms with van der Waals surface area (Å²) >= 11 is 0. The molecule has 0 saturated carbocycles. The molecule has 2 aromatic rings. The number of pyridine rings is 1. The Bertz CT molecular complexity index is 660. The molecular weight excluding hydrogens is 328 g/mol. The lowest BCUT2D eigenvalue weighted by atomic mass is 10.1. The Labute approximate surface area is 147 Å². The second kappa shape index (κ2) is 9.03. The third-order valence-corrected chi connectivity index (χ3v) is 3.18. The standard InChI is InChI=1S/C18H20N2O3.ClH/c1-18(2,20-17(22)15-8-10-19-11-9-15)13-23-16(21)12-14-6-4-3-5-7-14;/h3-11H,12-13H2,1-2H3,(H,20,22);1H.